The zero-order valence-electron chi connectivity index (χ0n) is 10.6. The van der Waals surface area contributed by atoms with Crippen molar-refractivity contribution in [1.29, 1.82) is 0 Å². The van der Waals surface area contributed by atoms with E-state index in [0.29, 0.717) is 13.2 Å². The zero-order chi connectivity index (χ0) is 13.7. The molecule has 0 fully saturated rings. The van der Waals surface area contributed by atoms with Gasteiger partial charge in [0, 0.05) is 12.6 Å². The first kappa shape index (κ1) is 14.1. The highest BCUT2D eigenvalue weighted by Crippen LogP contribution is 2.26. The Morgan fingerprint density at radius 2 is 2.22 bits per heavy atom. The summed E-state index contributed by atoms with van der Waals surface area (Å²) in [5.41, 5.74) is 5.56. The van der Waals surface area contributed by atoms with E-state index in [2.05, 4.69) is 15.3 Å². The van der Waals surface area contributed by atoms with Crippen LogP contribution in [0.3, 0.4) is 0 Å². The Hall–Kier alpha value is -1.96. The van der Waals surface area contributed by atoms with Gasteiger partial charge in [0.15, 0.2) is 0 Å². The Kier molecular flexibility index (Phi) is 4.78. The summed E-state index contributed by atoms with van der Waals surface area (Å²) in [6, 6.07) is -0.114. The van der Waals surface area contributed by atoms with Gasteiger partial charge in [0.25, 0.3) is 0 Å². The van der Waals surface area contributed by atoms with Crippen LogP contribution in [0.25, 0.3) is 0 Å². The monoisotopic (exact) mass is 255 g/mol. The van der Waals surface area contributed by atoms with E-state index in [-0.39, 0.29) is 29.2 Å². The minimum atomic E-state index is -0.523. The van der Waals surface area contributed by atoms with Crippen molar-refractivity contribution < 1.29 is 9.66 Å². The lowest BCUT2D eigenvalue weighted by molar-refractivity contribution is -0.385. The van der Waals surface area contributed by atoms with Gasteiger partial charge >= 0.3 is 5.69 Å². The van der Waals surface area contributed by atoms with E-state index < -0.39 is 4.92 Å². The van der Waals surface area contributed by atoms with Gasteiger partial charge in [0.05, 0.1) is 11.5 Å². The second kappa shape index (κ2) is 6.10. The third-order valence-electron chi connectivity index (χ3n) is 2.21. The first-order valence-corrected chi connectivity index (χ1v) is 5.58. The number of nitrogens with two attached hydrogens (primary N) is 1. The lowest BCUT2D eigenvalue weighted by Crippen LogP contribution is -2.23. The lowest BCUT2D eigenvalue weighted by Gasteiger charge is -2.14. The molecule has 0 spiro atoms. The first-order chi connectivity index (χ1) is 8.45. The molecule has 0 aliphatic carbocycles. The Morgan fingerprint density at radius 1 is 1.56 bits per heavy atom. The molecule has 0 saturated carbocycles. The van der Waals surface area contributed by atoms with Crippen molar-refractivity contribution in [2.24, 2.45) is 0 Å². The van der Waals surface area contributed by atoms with Crippen molar-refractivity contribution in [1.82, 2.24) is 9.97 Å². The quantitative estimate of drug-likeness (QED) is 0.577. The number of anilines is 2. The Bertz CT molecular complexity index is 438. The summed E-state index contributed by atoms with van der Waals surface area (Å²) in [5, 5.41) is 13.9. The number of aryl methyl sites for hydroxylation is 1. The van der Waals surface area contributed by atoms with E-state index in [1.165, 1.54) is 6.92 Å². The molecule has 1 aromatic rings. The van der Waals surface area contributed by atoms with Crippen molar-refractivity contribution >= 4 is 17.5 Å². The average Bonchev–Trinajstić information content (AvgIpc) is 2.24. The fourth-order valence-electron chi connectivity index (χ4n) is 1.48. The van der Waals surface area contributed by atoms with E-state index in [9.17, 15) is 10.1 Å². The molecule has 8 heteroatoms. The highest BCUT2D eigenvalue weighted by molar-refractivity contribution is 5.60. The largest absolute Gasteiger partial charge is 0.380 e. The Morgan fingerprint density at radius 3 is 2.78 bits per heavy atom. The highest BCUT2D eigenvalue weighted by atomic mass is 16.6. The summed E-state index contributed by atoms with van der Waals surface area (Å²) in [5.74, 6) is 0.126. The van der Waals surface area contributed by atoms with Crippen LogP contribution in [-0.4, -0.2) is 34.1 Å². The smallest absolute Gasteiger partial charge is 0.332 e. The van der Waals surface area contributed by atoms with Crippen molar-refractivity contribution in [2.75, 3.05) is 24.3 Å². The third kappa shape index (κ3) is 3.52. The summed E-state index contributed by atoms with van der Waals surface area (Å²) in [7, 11) is 0. The summed E-state index contributed by atoms with van der Waals surface area (Å²) in [4.78, 5) is 18.1. The Balaban J connectivity index is 2.96. The second-order valence-electron chi connectivity index (χ2n) is 3.83. The minimum absolute atomic E-state index is 0.00390. The van der Waals surface area contributed by atoms with Crippen LogP contribution >= 0.6 is 0 Å². The van der Waals surface area contributed by atoms with Crippen LogP contribution in [0, 0.1) is 17.0 Å². The number of hydrogen-bond acceptors (Lipinski definition) is 7. The molecule has 1 atom stereocenters. The number of rotatable bonds is 6. The number of nitrogen functional groups attached to an aromatic ring is 1. The maximum absolute atomic E-state index is 11.0. The number of aromatic nitrogens is 2. The van der Waals surface area contributed by atoms with E-state index in [1.54, 1.807) is 0 Å². The van der Waals surface area contributed by atoms with Crippen LogP contribution in [0.15, 0.2) is 0 Å². The van der Waals surface area contributed by atoms with Crippen molar-refractivity contribution in [3.8, 4) is 0 Å². The maximum Gasteiger partial charge on any atom is 0.332 e. The van der Waals surface area contributed by atoms with Crippen LogP contribution in [0.5, 0.6) is 0 Å². The second-order valence-corrected chi connectivity index (χ2v) is 3.83. The first-order valence-electron chi connectivity index (χ1n) is 5.58. The van der Waals surface area contributed by atoms with Crippen LogP contribution in [0.1, 0.15) is 19.5 Å². The van der Waals surface area contributed by atoms with Crippen LogP contribution in [0.2, 0.25) is 0 Å². The summed E-state index contributed by atoms with van der Waals surface area (Å²) in [6.07, 6.45) is 0. The molecule has 18 heavy (non-hydrogen) atoms. The van der Waals surface area contributed by atoms with Gasteiger partial charge in [-0.15, -0.1) is 0 Å². The number of nitro groups is 1. The summed E-state index contributed by atoms with van der Waals surface area (Å²) in [6.45, 7) is 6.25. The van der Waals surface area contributed by atoms with Gasteiger partial charge < -0.3 is 15.8 Å². The van der Waals surface area contributed by atoms with E-state index in [1.807, 2.05) is 13.8 Å². The molecule has 0 radical (unpaired) electrons. The van der Waals surface area contributed by atoms with Gasteiger partial charge in [-0.2, -0.15) is 4.98 Å². The predicted octanol–water partition coefficient (Wildman–Crippen LogP) is 1.11. The molecule has 3 N–H and O–H groups in total. The van der Waals surface area contributed by atoms with Crippen LogP contribution < -0.4 is 11.1 Å². The van der Waals surface area contributed by atoms with Crippen LogP contribution in [-0.2, 0) is 4.74 Å². The molecule has 0 aliphatic heterocycles. The molecule has 1 heterocycles. The number of hydrogen-bond donors (Lipinski definition) is 2. The lowest BCUT2D eigenvalue weighted by atomic mass is 10.3. The average molecular weight is 255 g/mol. The molecule has 0 aromatic carbocycles. The van der Waals surface area contributed by atoms with E-state index in [0.717, 1.165) is 0 Å². The molecule has 0 amide bonds. The van der Waals surface area contributed by atoms with Gasteiger partial charge in [-0.05, 0) is 20.8 Å². The van der Waals surface area contributed by atoms with E-state index >= 15 is 0 Å². The van der Waals surface area contributed by atoms with Gasteiger partial charge in [0.2, 0.25) is 11.8 Å². The standard InChI is InChI=1S/C10H17N5O3/c1-4-18-5-6(2)12-9-8(15(16)17)7(3)13-10(11)14-9/h6H,4-5H2,1-3H3,(H3,11,12,13,14). The third-order valence-corrected chi connectivity index (χ3v) is 2.21. The predicted molar refractivity (Wildman–Crippen MR) is 67.4 cm³/mol. The molecule has 0 aliphatic rings. The molecule has 1 unspecified atom stereocenters. The normalized spacial score (nSPS) is 12.2. The van der Waals surface area contributed by atoms with Gasteiger partial charge in [-0.1, -0.05) is 0 Å². The van der Waals surface area contributed by atoms with Gasteiger partial charge in [-0.3, -0.25) is 10.1 Å². The fourth-order valence-corrected chi connectivity index (χ4v) is 1.48. The minimum Gasteiger partial charge on any atom is -0.380 e. The fraction of sp³-hybridized carbons (Fsp3) is 0.600. The molecule has 0 bridgehead atoms. The van der Waals surface area contributed by atoms with Gasteiger partial charge in [-0.25, -0.2) is 4.98 Å². The SMILES string of the molecule is CCOCC(C)Nc1nc(N)nc(C)c1[N+](=O)[O-]. The van der Waals surface area contributed by atoms with Crippen molar-refractivity contribution in [3.05, 3.63) is 15.8 Å². The topological polar surface area (TPSA) is 116 Å². The number of nitrogens with one attached hydrogen (secondary N) is 1. The molecular formula is C10H17N5O3. The number of nitrogens with zero attached hydrogens (tertiary/aromatic N) is 3. The van der Waals surface area contributed by atoms with E-state index in [4.69, 9.17) is 10.5 Å². The highest BCUT2D eigenvalue weighted by Gasteiger charge is 2.22. The molecule has 100 valence electrons. The maximum atomic E-state index is 11.0. The summed E-state index contributed by atoms with van der Waals surface area (Å²) < 4.78 is 5.22. The van der Waals surface area contributed by atoms with Crippen LogP contribution in [0.4, 0.5) is 17.5 Å². The Labute approximate surface area is 105 Å². The molecular weight excluding hydrogens is 238 g/mol. The molecule has 1 rings (SSSR count). The van der Waals surface area contributed by atoms with Crippen molar-refractivity contribution in [3.63, 3.8) is 0 Å². The molecule has 0 saturated heterocycles. The molecule has 1 aromatic heterocycles. The number of ether oxygens (including phenoxy) is 1. The van der Waals surface area contributed by atoms with Crippen molar-refractivity contribution in [2.45, 2.75) is 26.8 Å². The van der Waals surface area contributed by atoms with Gasteiger partial charge in [0.1, 0.15) is 5.69 Å². The zero-order valence-corrected chi connectivity index (χ0v) is 10.6. The molecule has 8 nitrogen and oxygen atoms in total. The summed E-state index contributed by atoms with van der Waals surface area (Å²) >= 11 is 0.